The number of amides is 2. The second-order valence-electron chi connectivity index (χ2n) is 8.05. The molecule has 0 unspecified atom stereocenters. The number of imide groups is 1. The summed E-state index contributed by atoms with van der Waals surface area (Å²) in [7, 11) is 0. The van der Waals surface area contributed by atoms with Gasteiger partial charge in [0.15, 0.2) is 0 Å². The molecule has 1 fully saturated rings. The molecule has 4 aliphatic rings. The van der Waals surface area contributed by atoms with Gasteiger partial charge in [0, 0.05) is 15.4 Å². The minimum atomic E-state index is -0.389. The van der Waals surface area contributed by atoms with Gasteiger partial charge < -0.3 is 0 Å². The molecule has 0 radical (unpaired) electrons. The highest BCUT2D eigenvalue weighted by molar-refractivity contribution is 14.1. The Hall–Kier alpha value is -2.80. The summed E-state index contributed by atoms with van der Waals surface area (Å²) in [5.41, 5.74) is 5.56. The number of hydrogen-bond acceptors (Lipinski definition) is 3. The summed E-state index contributed by atoms with van der Waals surface area (Å²) in [4.78, 5) is 26.9. The highest BCUT2D eigenvalue weighted by Gasteiger charge is 2.61. The Morgan fingerprint density at radius 2 is 1.23 bits per heavy atom. The smallest absolute Gasteiger partial charge is 0.254 e. The number of carbonyl (C=O) groups is 2. The molecule has 2 amide bonds. The van der Waals surface area contributed by atoms with E-state index in [4.69, 9.17) is 0 Å². The number of hydrogen-bond donors (Lipinski definition) is 0. The molecule has 5 heteroatoms. The zero-order chi connectivity index (χ0) is 20.4. The summed E-state index contributed by atoms with van der Waals surface area (Å²) in [6, 6.07) is 24.3. The largest absolute Gasteiger partial charge is 0.272 e. The molecule has 0 aromatic heterocycles. The van der Waals surface area contributed by atoms with Crippen LogP contribution in [-0.2, 0) is 9.59 Å². The maximum atomic E-state index is 13.4. The minimum Gasteiger partial charge on any atom is -0.272 e. The van der Waals surface area contributed by atoms with Gasteiger partial charge in [0.05, 0.1) is 18.1 Å². The lowest BCUT2D eigenvalue weighted by Gasteiger charge is -2.45. The van der Waals surface area contributed by atoms with Gasteiger partial charge in [-0.05, 0) is 62.5 Å². The Labute approximate surface area is 187 Å². The van der Waals surface area contributed by atoms with Gasteiger partial charge in [-0.2, -0.15) is 10.1 Å². The molecule has 4 nitrogen and oxygen atoms in total. The molecule has 30 heavy (non-hydrogen) atoms. The standard InChI is InChI=1S/C25H17IN2O2/c26-15-7-5-6-14(12-15)13-27-28-24(29)22-20-16-8-1-2-9-17(16)21(23(22)25(28)30)19-11-4-3-10-18(19)20/h1-13,20-23H/b27-13-/t20?,21?,22-,23+. The van der Waals surface area contributed by atoms with Crippen molar-refractivity contribution in [3.05, 3.63) is 104 Å². The Kier molecular flexibility index (Phi) is 3.96. The first kappa shape index (κ1) is 18.0. The van der Waals surface area contributed by atoms with Crippen LogP contribution in [0.15, 0.2) is 77.9 Å². The van der Waals surface area contributed by atoms with E-state index < -0.39 is 0 Å². The molecule has 1 aliphatic heterocycles. The molecule has 146 valence electrons. The van der Waals surface area contributed by atoms with Crippen molar-refractivity contribution in [3.8, 4) is 0 Å². The second-order valence-corrected chi connectivity index (χ2v) is 9.30. The average molecular weight is 504 g/mol. The van der Waals surface area contributed by atoms with E-state index in [9.17, 15) is 9.59 Å². The predicted molar refractivity (Wildman–Crippen MR) is 122 cm³/mol. The summed E-state index contributed by atoms with van der Waals surface area (Å²) < 4.78 is 1.08. The van der Waals surface area contributed by atoms with Crippen molar-refractivity contribution in [3.63, 3.8) is 0 Å². The number of rotatable bonds is 2. The lowest BCUT2D eigenvalue weighted by Crippen LogP contribution is -2.41. The van der Waals surface area contributed by atoms with Gasteiger partial charge in [-0.25, -0.2) is 0 Å². The zero-order valence-electron chi connectivity index (χ0n) is 15.9. The summed E-state index contributed by atoms with van der Waals surface area (Å²) in [6.45, 7) is 0. The lowest BCUT2D eigenvalue weighted by atomic mass is 9.55. The molecule has 1 heterocycles. The van der Waals surface area contributed by atoms with Crippen molar-refractivity contribution in [1.82, 2.24) is 5.01 Å². The van der Waals surface area contributed by atoms with Crippen molar-refractivity contribution in [2.24, 2.45) is 16.9 Å². The number of halogens is 1. The summed E-state index contributed by atoms with van der Waals surface area (Å²) in [5, 5.41) is 5.47. The van der Waals surface area contributed by atoms with Crippen LogP contribution in [0.5, 0.6) is 0 Å². The van der Waals surface area contributed by atoms with Crippen LogP contribution in [0.25, 0.3) is 0 Å². The van der Waals surface area contributed by atoms with Gasteiger partial charge in [-0.15, -0.1) is 0 Å². The van der Waals surface area contributed by atoms with E-state index >= 15 is 0 Å². The quantitative estimate of drug-likeness (QED) is 0.293. The predicted octanol–water partition coefficient (Wildman–Crippen LogP) is 4.52. The van der Waals surface area contributed by atoms with Crippen LogP contribution in [0.2, 0.25) is 0 Å². The fraction of sp³-hybridized carbons (Fsp3) is 0.160. The molecule has 3 aliphatic carbocycles. The molecule has 0 spiro atoms. The highest BCUT2D eigenvalue weighted by atomic mass is 127. The number of benzene rings is 3. The lowest BCUT2D eigenvalue weighted by molar-refractivity contribution is -0.139. The Morgan fingerprint density at radius 3 is 1.70 bits per heavy atom. The van der Waals surface area contributed by atoms with E-state index in [0.29, 0.717) is 0 Å². The number of carbonyl (C=O) groups excluding carboxylic acids is 2. The van der Waals surface area contributed by atoms with Crippen LogP contribution in [-0.4, -0.2) is 23.0 Å². The van der Waals surface area contributed by atoms with Crippen molar-refractivity contribution >= 4 is 40.6 Å². The SMILES string of the molecule is O=C1[C@@H]2C3c4ccccc4C(c4ccccc43)[C@@H]2C(=O)N1/N=C\c1cccc(I)c1. The van der Waals surface area contributed by atoms with Crippen molar-refractivity contribution in [2.75, 3.05) is 0 Å². The topological polar surface area (TPSA) is 49.7 Å². The molecule has 0 N–H and O–H groups in total. The van der Waals surface area contributed by atoms with Gasteiger partial charge >= 0.3 is 0 Å². The van der Waals surface area contributed by atoms with Gasteiger partial charge in [-0.1, -0.05) is 60.7 Å². The molecule has 3 aromatic rings. The fourth-order valence-corrected chi connectivity index (χ4v) is 6.05. The van der Waals surface area contributed by atoms with E-state index in [-0.39, 0.29) is 35.5 Å². The minimum absolute atomic E-state index is 0.0956. The third-order valence-electron chi connectivity index (χ3n) is 6.60. The van der Waals surface area contributed by atoms with E-state index in [2.05, 4.69) is 52.0 Å². The van der Waals surface area contributed by atoms with Gasteiger partial charge in [0.2, 0.25) is 0 Å². The normalized spacial score (nSPS) is 26.1. The number of hydrazone groups is 1. The van der Waals surface area contributed by atoms with Crippen molar-refractivity contribution < 1.29 is 9.59 Å². The van der Waals surface area contributed by atoms with Crippen molar-refractivity contribution in [1.29, 1.82) is 0 Å². The van der Waals surface area contributed by atoms with Gasteiger partial charge in [0.1, 0.15) is 0 Å². The van der Waals surface area contributed by atoms with Gasteiger partial charge in [-0.3, -0.25) is 9.59 Å². The summed E-state index contributed by atoms with van der Waals surface area (Å²) in [5.74, 6) is -1.35. The third kappa shape index (κ3) is 2.41. The van der Waals surface area contributed by atoms with E-state index in [1.165, 1.54) is 22.3 Å². The second kappa shape index (κ2) is 6.60. The van der Waals surface area contributed by atoms with Crippen molar-refractivity contribution in [2.45, 2.75) is 11.8 Å². The molecule has 1 saturated heterocycles. The van der Waals surface area contributed by atoms with E-state index in [1.54, 1.807) is 6.21 Å². The first-order valence-corrected chi connectivity index (χ1v) is 11.1. The zero-order valence-corrected chi connectivity index (χ0v) is 18.1. The first-order chi connectivity index (χ1) is 14.6. The molecular weight excluding hydrogens is 487 g/mol. The van der Waals surface area contributed by atoms with Crippen LogP contribution < -0.4 is 0 Å². The third-order valence-corrected chi connectivity index (χ3v) is 7.27. The van der Waals surface area contributed by atoms with Crippen LogP contribution in [0, 0.1) is 15.4 Å². The van der Waals surface area contributed by atoms with Crippen LogP contribution in [0.4, 0.5) is 0 Å². The Bertz CT molecular complexity index is 1140. The van der Waals surface area contributed by atoms with E-state index in [1.807, 2.05) is 48.5 Å². The van der Waals surface area contributed by atoms with E-state index in [0.717, 1.165) is 14.1 Å². The number of nitrogens with zero attached hydrogens (tertiary/aromatic N) is 2. The van der Waals surface area contributed by atoms with Crippen LogP contribution in [0.3, 0.4) is 0 Å². The maximum Gasteiger partial charge on any atom is 0.254 e. The van der Waals surface area contributed by atoms with Gasteiger partial charge in [0.25, 0.3) is 11.8 Å². The Morgan fingerprint density at radius 1 is 0.733 bits per heavy atom. The first-order valence-electron chi connectivity index (χ1n) is 10.00. The van der Waals surface area contributed by atoms with Crippen LogP contribution in [0.1, 0.15) is 39.7 Å². The summed E-state index contributed by atoms with van der Waals surface area (Å²) >= 11 is 2.23. The molecule has 2 atom stereocenters. The fourth-order valence-electron chi connectivity index (χ4n) is 5.49. The molecule has 2 bridgehead atoms. The monoisotopic (exact) mass is 504 g/mol. The Balaban J connectivity index is 1.46. The van der Waals surface area contributed by atoms with Crippen LogP contribution >= 0.6 is 22.6 Å². The molecule has 3 aromatic carbocycles. The molecule has 7 rings (SSSR count). The molecular formula is C25H17IN2O2. The summed E-state index contributed by atoms with van der Waals surface area (Å²) in [6.07, 6.45) is 1.61. The highest BCUT2D eigenvalue weighted by Crippen LogP contribution is 2.60. The maximum absolute atomic E-state index is 13.4. The molecule has 0 saturated carbocycles. The average Bonchev–Trinajstić information content (AvgIpc) is 3.03.